The van der Waals surface area contributed by atoms with Gasteiger partial charge in [-0.05, 0) is 21.5 Å². The van der Waals surface area contributed by atoms with Crippen molar-refractivity contribution in [3.63, 3.8) is 0 Å². The third kappa shape index (κ3) is 3.92. The van der Waals surface area contributed by atoms with Gasteiger partial charge < -0.3 is 17.2 Å². The third-order valence-electron chi connectivity index (χ3n) is 2.64. The van der Waals surface area contributed by atoms with Gasteiger partial charge in [0, 0.05) is 0 Å². The first kappa shape index (κ1) is 15.7. The Hall–Kier alpha value is -2.68. The molecule has 2 aromatic rings. The standard InChI is InChI=1S/C13H14BrN7O/c14-9-11(16)20-10(15)8(19-9)12(22)21-13(17)18-6-7-4-2-1-3-5-7/h1-5H,6H2,(H4,15,16,20)(H3,17,18,21,22). The van der Waals surface area contributed by atoms with Crippen molar-refractivity contribution in [3.05, 3.63) is 46.2 Å². The van der Waals surface area contributed by atoms with E-state index < -0.39 is 5.91 Å². The van der Waals surface area contributed by atoms with Crippen molar-refractivity contribution in [3.8, 4) is 0 Å². The second kappa shape index (κ2) is 6.85. The summed E-state index contributed by atoms with van der Waals surface area (Å²) in [4.78, 5) is 23.8. The molecule has 1 aromatic heterocycles. The van der Waals surface area contributed by atoms with E-state index in [-0.39, 0.29) is 27.9 Å². The van der Waals surface area contributed by atoms with Crippen LogP contribution >= 0.6 is 15.9 Å². The van der Waals surface area contributed by atoms with Gasteiger partial charge in [0.25, 0.3) is 5.91 Å². The van der Waals surface area contributed by atoms with Gasteiger partial charge in [-0.3, -0.25) is 10.1 Å². The minimum atomic E-state index is -0.611. The maximum Gasteiger partial charge on any atom is 0.280 e. The van der Waals surface area contributed by atoms with Crippen molar-refractivity contribution in [2.75, 3.05) is 11.5 Å². The minimum absolute atomic E-state index is 0.0389. The van der Waals surface area contributed by atoms with Crippen molar-refractivity contribution >= 4 is 39.4 Å². The molecule has 2 rings (SSSR count). The number of aliphatic imine (C=N–C) groups is 1. The molecule has 0 fully saturated rings. The van der Waals surface area contributed by atoms with Gasteiger partial charge in [-0.15, -0.1) is 0 Å². The molecule has 1 amide bonds. The zero-order valence-corrected chi connectivity index (χ0v) is 13.0. The summed E-state index contributed by atoms with van der Waals surface area (Å²) in [6, 6.07) is 9.49. The summed E-state index contributed by atoms with van der Waals surface area (Å²) in [5.41, 5.74) is 17.7. The Morgan fingerprint density at radius 1 is 1.18 bits per heavy atom. The molecule has 22 heavy (non-hydrogen) atoms. The fourth-order valence-electron chi connectivity index (χ4n) is 1.58. The van der Waals surface area contributed by atoms with Gasteiger partial charge in [0.2, 0.25) is 0 Å². The van der Waals surface area contributed by atoms with E-state index in [9.17, 15) is 4.79 Å². The summed E-state index contributed by atoms with van der Waals surface area (Å²) < 4.78 is 0.228. The quantitative estimate of drug-likeness (QED) is 0.465. The van der Waals surface area contributed by atoms with Crippen LogP contribution in [-0.2, 0) is 6.54 Å². The zero-order chi connectivity index (χ0) is 16.1. The molecule has 0 aliphatic rings. The monoisotopic (exact) mass is 363 g/mol. The number of carbonyl (C=O) groups excluding carboxylic acids is 1. The molecule has 0 atom stereocenters. The summed E-state index contributed by atoms with van der Waals surface area (Å²) in [5, 5.41) is 2.40. The summed E-state index contributed by atoms with van der Waals surface area (Å²) in [5.74, 6) is -0.642. The highest BCUT2D eigenvalue weighted by atomic mass is 79.9. The second-order valence-corrected chi connectivity index (χ2v) is 5.03. The molecule has 114 valence electrons. The molecule has 0 saturated carbocycles. The number of nitrogens with zero attached hydrogens (tertiary/aromatic N) is 3. The maximum atomic E-state index is 12.0. The van der Waals surface area contributed by atoms with Crippen LogP contribution in [0.1, 0.15) is 16.1 Å². The van der Waals surface area contributed by atoms with E-state index in [4.69, 9.17) is 17.2 Å². The molecular weight excluding hydrogens is 350 g/mol. The van der Waals surface area contributed by atoms with Gasteiger partial charge in [0.05, 0.1) is 6.54 Å². The summed E-state index contributed by atoms with van der Waals surface area (Å²) in [7, 11) is 0. The largest absolute Gasteiger partial charge is 0.382 e. The van der Waals surface area contributed by atoms with E-state index in [2.05, 4.69) is 36.2 Å². The Balaban J connectivity index is 2.07. The predicted octanol–water partition coefficient (Wildman–Crippen LogP) is 0.648. The second-order valence-electron chi connectivity index (χ2n) is 4.27. The first-order valence-corrected chi connectivity index (χ1v) is 7.00. The number of hydrogen-bond donors (Lipinski definition) is 4. The number of hydrogen-bond acceptors (Lipinski definition) is 6. The topological polar surface area (TPSA) is 145 Å². The van der Waals surface area contributed by atoms with Crippen LogP contribution in [0, 0.1) is 0 Å². The lowest BCUT2D eigenvalue weighted by atomic mass is 10.2. The number of rotatable bonds is 3. The number of anilines is 2. The first-order chi connectivity index (χ1) is 10.5. The number of nitrogen functional groups attached to an aromatic ring is 2. The fraction of sp³-hybridized carbons (Fsp3) is 0.0769. The number of nitrogens with two attached hydrogens (primary N) is 3. The highest BCUT2D eigenvalue weighted by Gasteiger charge is 2.16. The fourth-order valence-corrected chi connectivity index (χ4v) is 1.85. The molecule has 0 spiro atoms. The van der Waals surface area contributed by atoms with Crippen LogP contribution in [-0.4, -0.2) is 21.8 Å². The minimum Gasteiger partial charge on any atom is -0.382 e. The third-order valence-corrected chi connectivity index (χ3v) is 3.22. The molecule has 0 unspecified atom stereocenters. The van der Waals surface area contributed by atoms with Crippen LogP contribution in [0.5, 0.6) is 0 Å². The molecular formula is C13H14BrN7O. The number of amides is 1. The van der Waals surface area contributed by atoms with Crippen LogP contribution in [0.2, 0.25) is 0 Å². The smallest absolute Gasteiger partial charge is 0.280 e. The van der Waals surface area contributed by atoms with E-state index in [0.717, 1.165) is 5.56 Å². The predicted molar refractivity (Wildman–Crippen MR) is 87.8 cm³/mol. The lowest BCUT2D eigenvalue weighted by Gasteiger charge is -2.07. The number of halogens is 1. The van der Waals surface area contributed by atoms with Gasteiger partial charge in [0.1, 0.15) is 4.60 Å². The maximum absolute atomic E-state index is 12.0. The Morgan fingerprint density at radius 2 is 1.86 bits per heavy atom. The van der Waals surface area contributed by atoms with Crippen LogP contribution in [0.3, 0.4) is 0 Å². The van der Waals surface area contributed by atoms with Crippen molar-refractivity contribution < 1.29 is 4.79 Å². The lowest BCUT2D eigenvalue weighted by Crippen LogP contribution is -2.37. The average Bonchev–Trinajstić information content (AvgIpc) is 2.50. The average molecular weight is 364 g/mol. The van der Waals surface area contributed by atoms with Crippen molar-refractivity contribution in [1.29, 1.82) is 0 Å². The number of benzene rings is 1. The van der Waals surface area contributed by atoms with Gasteiger partial charge in [0.15, 0.2) is 23.3 Å². The highest BCUT2D eigenvalue weighted by Crippen LogP contribution is 2.17. The zero-order valence-electron chi connectivity index (χ0n) is 11.5. The summed E-state index contributed by atoms with van der Waals surface area (Å²) in [6.45, 7) is 0.347. The number of guanidine groups is 1. The molecule has 0 bridgehead atoms. The van der Waals surface area contributed by atoms with Gasteiger partial charge in [-0.1, -0.05) is 30.3 Å². The number of nitrogens with one attached hydrogen (secondary N) is 1. The van der Waals surface area contributed by atoms with E-state index in [1.165, 1.54) is 0 Å². The molecule has 9 heteroatoms. The molecule has 0 aliphatic heterocycles. The van der Waals surface area contributed by atoms with E-state index >= 15 is 0 Å². The van der Waals surface area contributed by atoms with Gasteiger partial charge >= 0.3 is 0 Å². The molecule has 8 nitrogen and oxygen atoms in total. The molecule has 7 N–H and O–H groups in total. The SMILES string of the molecule is NC(=NCc1ccccc1)NC(=O)c1nc(Br)c(N)nc1N. The number of aromatic nitrogens is 2. The Kier molecular flexibility index (Phi) is 4.89. The van der Waals surface area contributed by atoms with E-state index in [1.54, 1.807) is 0 Å². The van der Waals surface area contributed by atoms with Crippen LogP contribution in [0.4, 0.5) is 11.6 Å². The Bertz CT molecular complexity index is 718. The van der Waals surface area contributed by atoms with E-state index in [1.807, 2.05) is 30.3 Å². The van der Waals surface area contributed by atoms with Crippen molar-refractivity contribution in [1.82, 2.24) is 15.3 Å². The Labute approximate surface area is 135 Å². The van der Waals surface area contributed by atoms with Gasteiger partial charge in [-0.25, -0.2) is 15.0 Å². The molecule has 0 radical (unpaired) electrons. The van der Waals surface area contributed by atoms with Crippen molar-refractivity contribution in [2.45, 2.75) is 6.54 Å². The summed E-state index contributed by atoms with van der Waals surface area (Å²) in [6.07, 6.45) is 0. The lowest BCUT2D eigenvalue weighted by molar-refractivity contribution is 0.0972. The van der Waals surface area contributed by atoms with Crippen LogP contribution < -0.4 is 22.5 Å². The highest BCUT2D eigenvalue weighted by molar-refractivity contribution is 9.10. The molecule has 1 heterocycles. The van der Waals surface area contributed by atoms with Gasteiger partial charge in [-0.2, -0.15) is 0 Å². The molecule has 0 saturated heterocycles. The Morgan fingerprint density at radius 3 is 2.55 bits per heavy atom. The normalized spacial score (nSPS) is 11.2. The first-order valence-electron chi connectivity index (χ1n) is 6.21. The summed E-state index contributed by atoms with van der Waals surface area (Å²) >= 11 is 3.08. The van der Waals surface area contributed by atoms with E-state index in [0.29, 0.717) is 6.54 Å². The van der Waals surface area contributed by atoms with Crippen LogP contribution in [0.25, 0.3) is 0 Å². The molecule has 0 aliphatic carbocycles. The molecule has 1 aromatic carbocycles. The number of carbonyl (C=O) groups is 1. The van der Waals surface area contributed by atoms with Crippen molar-refractivity contribution in [2.24, 2.45) is 10.7 Å². The van der Waals surface area contributed by atoms with Crippen LogP contribution in [0.15, 0.2) is 39.9 Å².